The van der Waals surface area contributed by atoms with Gasteiger partial charge in [0.05, 0.1) is 0 Å². The Bertz CT molecular complexity index is 125. The Morgan fingerprint density at radius 2 is 1.47 bits per heavy atom. The Labute approximate surface area is 165 Å². The van der Waals surface area contributed by atoms with Gasteiger partial charge in [-0.1, -0.05) is 21.3 Å². The Morgan fingerprint density at radius 3 is 1.47 bits per heavy atom. The fourth-order valence-corrected chi connectivity index (χ4v) is 0.181. The molecule has 0 fully saturated rings. The zero-order valence-corrected chi connectivity index (χ0v) is 16.3. The number of nitrogens with one attached hydrogen (secondary N) is 1. The van der Waals surface area contributed by atoms with Gasteiger partial charge in [-0.15, -0.1) is 0 Å². The molecule has 0 saturated carbocycles. The zero-order valence-electron chi connectivity index (χ0n) is 10.6. The van der Waals surface area contributed by atoms with Crippen LogP contribution in [-0.4, -0.2) is 27.4 Å². The minimum atomic E-state index is -0.352. The van der Waals surface area contributed by atoms with E-state index >= 15 is 0 Å². The Morgan fingerprint density at radius 1 is 1.16 bits per heavy atom. The van der Waals surface area contributed by atoms with E-state index in [0.29, 0.717) is 12.8 Å². The van der Waals surface area contributed by atoms with Crippen molar-refractivity contribution in [2.45, 2.75) is 34.1 Å². The molecule has 19 heavy (non-hydrogen) atoms. The summed E-state index contributed by atoms with van der Waals surface area (Å²) in [7, 11) is 5.16. The van der Waals surface area contributed by atoms with Crippen LogP contribution < -0.4 is 11.4 Å². The first-order chi connectivity index (χ1) is 7.62. The SMILES string of the molecule is C.CCC(=O)NO.NO.[CH2-]O.[CH2-]OC(=O)CC.[Y].[Y]. The molecular weight excluding hydrogens is 410 g/mol. The summed E-state index contributed by atoms with van der Waals surface area (Å²) in [6.45, 7) is 3.37. The van der Waals surface area contributed by atoms with Gasteiger partial charge in [0.2, 0.25) is 5.91 Å². The Hall–Kier alpha value is 0.988. The number of carbonyl (C=O) groups excluding carboxylic acids is 2. The van der Waals surface area contributed by atoms with Gasteiger partial charge in [0.1, 0.15) is 0 Å². The molecule has 0 aliphatic heterocycles. The van der Waals surface area contributed by atoms with Crippen molar-refractivity contribution in [3.05, 3.63) is 14.2 Å². The maximum atomic E-state index is 9.90. The fraction of sp³-hybridized carbons (Fsp3) is 0.556. The molecule has 0 aromatic carbocycles. The van der Waals surface area contributed by atoms with Crippen LogP contribution in [0.3, 0.4) is 0 Å². The van der Waals surface area contributed by atoms with Crippen LogP contribution in [-0.2, 0) is 79.7 Å². The molecule has 8 nitrogen and oxygen atoms in total. The molecule has 0 aliphatic carbocycles. The van der Waals surface area contributed by atoms with E-state index in [1.54, 1.807) is 13.8 Å². The standard InChI is InChI=1S/C4H7O2.C3H7NO2.CH3O.CH4.H3NO.2Y/c1-3-4(5)6-2;1-2-3(5)4-6;1-2;;1-2;;/h2-3H2,1H3;6H,2H2,1H3,(H,4,5);2H,1H2;1H4;2H,1H2;;/q-1;;-1;;;;. The second-order valence-electron chi connectivity index (χ2n) is 1.76. The molecule has 0 aromatic rings. The summed E-state index contributed by atoms with van der Waals surface area (Å²) < 4.78 is 4.01. The quantitative estimate of drug-likeness (QED) is 0.187. The van der Waals surface area contributed by atoms with Crippen LogP contribution in [0, 0.1) is 14.2 Å². The van der Waals surface area contributed by atoms with Crippen molar-refractivity contribution >= 4 is 11.9 Å². The van der Waals surface area contributed by atoms with Crippen molar-refractivity contribution in [2.75, 3.05) is 0 Å². The maximum Gasteiger partial charge on any atom is 0.273 e. The molecule has 0 aromatic heterocycles. The number of ether oxygens (including phenoxy) is 1. The molecule has 0 spiro atoms. The zero-order chi connectivity index (χ0) is 14.0. The number of aliphatic hydroxyl groups excluding tert-OH is 1. The third-order valence-electron chi connectivity index (χ3n) is 0.895. The van der Waals surface area contributed by atoms with Crippen molar-refractivity contribution in [1.29, 1.82) is 0 Å². The predicted molar refractivity (Wildman–Crippen MR) is 62.0 cm³/mol. The van der Waals surface area contributed by atoms with E-state index < -0.39 is 0 Å². The number of hydrogen-bond donors (Lipinski definition) is 5. The number of amides is 1. The number of hydrogen-bond acceptors (Lipinski definition) is 7. The summed E-state index contributed by atoms with van der Waals surface area (Å²) in [6, 6.07) is 0. The van der Waals surface area contributed by atoms with Crippen LogP contribution in [0.4, 0.5) is 0 Å². The van der Waals surface area contributed by atoms with Crippen LogP contribution in [0.1, 0.15) is 34.1 Å². The number of carbonyl (C=O) groups is 2. The van der Waals surface area contributed by atoms with Gasteiger partial charge in [-0.05, 0) is 0 Å². The van der Waals surface area contributed by atoms with E-state index in [1.165, 1.54) is 5.48 Å². The van der Waals surface area contributed by atoms with Crippen LogP contribution in [0.2, 0.25) is 0 Å². The van der Waals surface area contributed by atoms with E-state index in [9.17, 15) is 9.59 Å². The van der Waals surface area contributed by atoms with Crippen LogP contribution in [0.5, 0.6) is 0 Å². The molecule has 2 radical (unpaired) electrons. The first-order valence-electron chi connectivity index (χ1n) is 4.07. The third kappa shape index (κ3) is 67.8. The van der Waals surface area contributed by atoms with E-state index in [2.05, 4.69) is 24.9 Å². The van der Waals surface area contributed by atoms with Crippen LogP contribution in [0.25, 0.3) is 0 Å². The molecule has 0 heterocycles. The molecule has 0 rings (SSSR count). The van der Waals surface area contributed by atoms with Gasteiger partial charge in [-0.3, -0.25) is 14.8 Å². The van der Waals surface area contributed by atoms with Crippen LogP contribution in [0.15, 0.2) is 0 Å². The molecule has 0 unspecified atom stereocenters. The van der Waals surface area contributed by atoms with Gasteiger partial charge < -0.3 is 15.1 Å². The van der Waals surface area contributed by atoms with E-state index in [0.717, 1.165) is 0 Å². The average Bonchev–Trinajstić information content (AvgIpc) is 2.41. The van der Waals surface area contributed by atoms with Crippen molar-refractivity contribution < 1.29 is 95.3 Å². The molecule has 0 bridgehead atoms. The number of rotatable bonds is 2. The summed E-state index contributed by atoms with van der Waals surface area (Å²) in [5.41, 5.74) is 1.48. The molecule has 0 saturated heterocycles. The molecule has 0 atom stereocenters. The predicted octanol–water partition coefficient (Wildman–Crippen LogP) is 0.749. The van der Waals surface area contributed by atoms with Crippen LogP contribution >= 0.6 is 0 Å². The molecule has 114 valence electrons. The van der Waals surface area contributed by atoms with Gasteiger partial charge in [-0.25, -0.2) is 18.5 Å². The molecule has 1 amide bonds. The largest absolute Gasteiger partial charge is 0.640 e. The average molecular weight is 434 g/mol. The molecule has 0 aliphatic rings. The monoisotopic (exact) mass is 434 g/mol. The smallest absolute Gasteiger partial charge is 0.273 e. The second-order valence-corrected chi connectivity index (χ2v) is 1.76. The number of aliphatic hydroxyl groups is 1. The van der Waals surface area contributed by atoms with Gasteiger partial charge in [-0.2, -0.15) is 7.11 Å². The minimum absolute atomic E-state index is 0. The summed E-state index contributed by atoms with van der Waals surface area (Å²) in [5, 5.41) is 21.0. The Balaban J connectivity index is -0.0000000213. The summed E-state index contributed by atoms with van der Waals surface area (Å²) in [6.07, 6.45) is 0.736. The van der Waals surface area contributed by atoms with Gasteiger partial charge >= 0.3 is 0 Å². The van der Waals surface area contributed by atoms with Crippen molar-refractivity contribution in [3.8, 4) is 0 Å². The number of esters is 1. The van der Waals surface area contributed by atoms with Gasteiger partial charge in [0.25, 0.3) is 5.97 Å². The van der Waals surface area contributed by atoms with E-state index in [1.807, 2.05) is 0 Å². The number of hydroxylamine groups is 1. The molecule has 10 heteroatoms. The second kappa shape index (κ2) is 50.9. The van der Waals surface area contributed by atoms with Crippen molar-refractivity contribution in [2.24, 2.45) is 5.90 Å². The number of nitrogens with two attached hydrogens (primary N) is 1. The maximum absolute atomic E-state index is 9.90. The van der Waals surface area contributed by atoms with Crippen molar-refractivity contribution in [1.82, 2.24) is 5.48 Å². The van der Waals surface area contributed by atoms with E-state index in [4.69, 9.17) is 15.5 Å². The van der Waals surface area contributed by atoms with Gasteiger partial charge in [0, 0.05) is 78.3 Å². The summed E-state index contributed by atoms with van der Waals surface area (Å²) >= 11 is 0. The van der Waals surface area contributed by atoms with E-state index in [-0.39, 0.29) is 84.7 Å². The summed E-state index contributed by atoms with van der Waals surface area (Å²) in [4.78, 5) is 19.7. The third-order valence-corrected chi connectivity index (χ3v) is 0.895. The van der Waals surface area contributed by atoms with Crippen molar-refractivity contribution in [3.63, 3.8) is 0 Å². The molecule has 6 N–H and O–H groups in total. The first-order valence-corrected chi connectivity index (χ1v) is 4.07. The first kappa shape index (κ1) is 42.7. The minimum Gasteiger partial charge on any atom is -0.640 e. The normalized spacial score (nSPS) is 5.47. The topological polar surface area (TPSA) is 142 Å². The Kier molecular flexibility index (Phi) is 114. The van der Waals surface area contributed by atoms with Gasteiger partial charge in [0.15, 0.2) is 0 Å². The fourth-order valence-electron chi connectivity index (χ4n) is 0.181. The molecular formula is C9H24N2O6Y2-2. The summed E-state index contributed by atoms with van der Waals surface area (Å²) in [5.74, 6) is 2.88.